The Bertz CT molecular complexity index is 867. The monoisotopic (exact) mass is 335 g/mol. The number of thiazole rings is 1. The Morgan fingerprint density at radius 2 is 1.92 bits per heavy atom. The molecule has 0 aliphatic carbocycles. The van der Waals surface area contributed by atoms with Gasteiger partial charge in [-0.25, -0.2) is 4.98 Å². The molecule has 2 heterocycles. The summed E-state index contributed by atoms with van der Waals surface area (Å²) >= 11 is 1.47. The first-order valence-electron chi connectivity index (χ1n) is 7.56. The van der Waals surface area contributed by atoms with Gasteiger partial charge in [-0.1, -0.05) is 35.9 Å². The number of aryl methyl sites for hydroxylation is 2. The number of hydrogen-bond donors (Lipinski definition) is 1. The molecule has 0 spiro atoms. The minimum absolute atomic E-state index is 0.218. The number of anilines is 1. The number of carbonyl (C=O) groups is 1. The molecule has 0 saturated heterocycles. The van der Waals surface area contributed by atoms with Crippen molar-refractivity contribution in [2.75, 3.05) is 5.32 Å². The SMILES string of the molecule is Cc1ccc(-c2nc(NC(=O)/C=C/c3ccccn3)sc2C)cc1. The quantitative estimate of drug-likeness (QED) is 0.716. The summed E-state index contributed by atoms with van der Waals surface area (Å²) in [5, 5.41) is 3.40. The Labute approximate surface area is 144 Å². The summed E-state index contributed by atoms with van der Waals surface area (Å²) in [5.41, 5.74) is 3.91. The maximum atomic E-state index is 12.0. The summed E-state index contributed by atoms with van der Waals surface area (Å²) in [7, 11) is 0. The summed E-state index contributed by atoms with van der Waals surface area (Å²) in [6.07, 6.45) is 4.83. The van der Waals surface area contributed by atoms with Crippen molar-refractivity contribution in [2.24, 2.45) is 0 Å². The largest absolute Gasteiger partial charge is 0.298 e. The highest BCUT2D eigenvalue weighted by Gasteiger charge is 2.11. The lowest BCUT2D eigenvalue weighted by molar-refractivity contribution is -0.111. The van der Waals surface area contributed by atoms with Crippen LogP contribution < -0.4 is 5.32 Å². The van der Waals surface area contributed by atoms with Crippen LogP contribution in [0.25, 0.3) is 17.3 Å². The number of benzene rings is 1. The van der Waals surface area contributed by atoms with E-state index < -0.39 is 0 Å². The van der Waals surface area contributed by atoms with Gasteiger partial charge in [0.05, 0.1) is 11.4 Å². The molecule has 0 aliphatic rings. The zero-order valence-corrected chi connectivity index (χ0v) is 14.3. The molecule has 1 N–H and O–H groups in total. The number of aromatic nitrogens is 2. The first kappa shape index (κ1) is 16.1. The van der Waals surface area contributed by atoms with Gasteiger partial charge in [0.25, 0.3) is 0 Å². The number of carbonyl (C=O) groups excluding carboxylic acids is 1. The molecule has 0 fully saturated rings. The van der Waals surface area contributed by atoms with Crippen LogP contribution in [0.3, 0.4) is 0 Å². The first-order chi connectivity index (χ1) is 11.6. The average Bonchev–Trinajstić information content (AvgIpc) is 2.95. The Morgan fingerprint density at radius 3 is 2.62 bits per heavy atom. The van der Waals surface area contributed by atoms with Gasteiger partial charge in [0.2, 0.25) is 5.91 Å². The van der Waals surface area contributed by atoms with Crippen LogP contribution in [0.15, 0.2) is 54.7 Å². The van der Waals surface area contributed by atoms with Crippen molar-refractivity contribution in [2.45, 2.75) is 13.8 Å². The highest BCUT2D eigenvalue weighted by atomic mass is 32.1. The van der Waals surface area contributed by atoms with E-state index >= 15 is 0 Å². The van der Waals surface area contributed by atoms with Gasteiger partial charge in [0.1, 0.15) is 0 Å². The van der Waals surface area contributed by atoms with E-state index in [1.807, 2.05) is 37.3 Å². The summed E-state index contributed by atoms with van der Waals surface area (Å²) < 4.78 is 0. The van der Waals surface area contributed by atoms with E-state index in [1.54, 1.807) is 12.3 Å². The summed E-state index contributed by atoms with van der Waals surface area (Å²) in [6, 6.07) is 13.8. The number of nitrogens with zero attached hydrogens (tertiary/aromatic N) is 2. The molecule has 120 valence electrons. The van der Waals surface area contributed by atoms with Crippen LogP contribution in [0.1, 0.15) is 16.1 Å². The number of pyridine rings is 1. The summed E-state index contributed by atoms with van der Waals surface area (Å²) in [6.45, 7) is 4.06. The predicted octanol–water partition coefficient (Wildman–Crippen LogP) is 4.47. The molecular formula is C19H17N3OS. The van der Waals surface area contributed by atoms with E-state index in [9.17, 15) is 4.79 Å². The fourth-order valence-corrected chi connectivity index (χ4v) is 3.05. The maximum Gasteiger partial charge on any atom is 0.250 e. The lowest BCUT2D eigenvalue weighted by Crippen LogP contribution is -2.07. The highest BCUT2D eigenvalue weighted by molar-refractivity contribution is 7.16. The van der Waals surface area contributed by atoms with Crippen LogP contribution >= 0.6 is 11.3 Å². The molecule has 0 radical (unpaired) electrons. The predicted molar refractivity (Wildman–Crippen MR) is 98.9 cm³/mol. The Balaban J connectivity index is 1.72. The molecule has 3 aromatic rings. The summed E-state index contributed by atoms with van der Waals surface area (Å²) in [4.78, 5) is 21.8. The van der Waals surface area contributed by atoms with Crippen LogP contribution in [0.2, 0.25) is 0 Å². The lowest BCUT2D eigenvalue weighted by atomic mass is 10.1. The third-order valence-electron chi connectivity index (χ3n) is 3.44. The standard InChI is InChI=1S/C19H17N3OS/c1-13-6-8-15(9-7-13)18-14(2)24-19(22-18)21-17(23)11-10-16-5-3-4-12-20-16/h3-12H,1-2H3,(H,21,22,23)/b11-10+. The van der Waals surface area contributed by atoms with E-state index in [4.69, 9.17) is 0 Å². The second-order valence-electron chi connectivity index (χ2n) is 5.37. The fraction of sp³-hybridized carbons (Fsp3) is 0.105. The molecular weight excluding hydrogens is 318 g/mol. The van der Waals surface area contributed by atoms with E-state index in [-0.39, 0.29) is 5.91 Å². The first-order valence-corrected chi connectivity index (χ1v) is 8.38. The molecule has 0 aliphatic heterocycles. The normalized spacial score (nSPS) is 10.9. The zero-order chi connectivity index (χ0) is 16.9. The minimum Gasteiger partial charge on any atom is -0.298 e. The van der Waals surface area contributed by atoms with E-state index in [2.05, 4.69) is 34.3 Å². The lowest BCUT2D eigenvalue weighted by Gasteiger charge is -1.99. The van der Waals surface area contributed by atoms with E-state index in [0.29, 0.717) is 5.13 Å². The molecule has 3 rings (SSSR count). The second-order valence-corrected chi connectivity index (χ2v) is 6.57. The van der Waals surface area contributed by atoms with Crippen molar-refractivity contribution in [3.05, 3.63) is 70.9 Å². The molecule has 5 heteroatoms. The van der Waals surface area contributed by atoms with Crippen LogP contribution in [0.5, 0.6) is 0 Å². The van der Waals surface area contributed by atoms with Gasteiger partial charge < -0.3 is 0 Å². The third kappa shape index (κ3) is 3.94. The topological polar surface area (TPSA) is 54.9 Å². The number of rotatable bonds is 4. The fourth-order valence-electron chi connectivity index (χ4n) is 2.21. The summed E-state index contributed by atoms with van der Waals surface area (Å²) in [5.74, 6) is -0.218. The molecule has 1 amide bonds. The van der Waals surface area contributed by atoms with Crippen molar-refractivity contribution in [3.8, 4) is 11.3 Å². The maximum absolute atomic E-state index is 12.0. The van der Waals surface area contributed by atoms with Crippen LogP contribution in [0.4, 0.5) is 5.13 Å². The molecule has 0 unspecified atom stereocenters. The molecule has 4 nitrogen and oxygen atoms in total. The van der Waals surface area contributed by atoms with Crippen molar-refractivity contribution >= 4 is 28.5 Å². The van der Waals surface area contributed by atoms with Gasteiger partial charge in [-0.15, -0.1) is 11.3 Å². The Hall–Kier alpha value is -2.79. The van der Waals surface area contributed by atoms with E-state index in [1.165, 1.54) is 23.0 Å². The molecule has 2 aromatic heterocycles. The van der Waals surface area contributed by atoms with Crippen LogP contribution in [0, 0.1) is 13.8 Å². The van der Waals surface area contributed by atoms with Gasteiger partial charge in [-0.05, 0) is 32.1 Å². The number of nitrogens with one attached hydrogen (secondary N) is 1. The van der Waals surface area contributed by atoms with Crippen molar-refractivity contribution in [1.82, 2.24) is 9.97 Å². The number of hydrogen-bond acceptors (Lipinski definition) is 4. The van der Waals surface area contributed by atoms with Gasteiger partial charge >= 0.3 is 0 Å². The van der Waals surface area contributed by atoms with Gasteiger partial charge in [-0.3, -0.25) is 15.1 Å². The second kappa shape index (κ2) is 7.19. The van der Waals surface area contributed by atoms with Crippen molar-refractivity contribution in [3.63, 3.8) is 0 Å². The molecule has 0 saturated carbocycles. The van der Waals surface area contributed by atoms with Gasteiger partial charge in [0.15, 0.2) is 5.13 Å². The van der Waals surface area contributed by atoms with E-state index in [0.717, 1.165) is 21.8 Å². The minimum atomic E-state index is -0.218. The Morgan fingerprint density at radius 1 is 1.12 bits per heavy atom. The smallest absolute Gasteiger partial charge is 0.250 e. The van der Waals surface area contributed by atoms with Crippen molar-refractivity contribution in [1.29, 1.82) is 0 Å². The highest BCUT2D eigenvalue weighted by Crippen LogP contribution is 2.30. The van der Waals surface area contributed by atoms with Crippen LogP contribution in [-0.2, 0) is 4.79 Å². The molecule has 0 bridgehead atoms. The zero-order valence-electron chi connectivity index (χ0n) is 13.5. The molecule has 24 heavy (non-hydrogen) atoms. The molecule has 0 atom stereocenters. The number of amides is 1. The van der Waals surface area contributed by atoms with Gasteiger partial charge in [-0.2, -0.15) is 0 Å². The van der Waals surface area contributed by atoms with Crippen LogP contribution in [-0.4, -0.2) is 15.9 Å². The average molecular weight is 335 g/mol. The molecule has 1 aromatic carbocycles. The van der Waals surface area contributed by atoms with Gasteiger partial charge in [0, 0.05) is 22.7 Å². The Kier molecular flexibility index (Phi) is 4.82. The third-order valence-corrected chi connectivity index (χ3v) is 4.33. The van der Waals surface area contributed by atoms with Crippen molar-refractivity contribution < 1.29 is 4.79 Å².